The molecule has 0 saturated carbocycles. The number of piperidine rings is 1. The first-order valence-corrected chi connectivity index (χ1v) is 7.31. The van der Waals surface area contributed by atoms with Crippen LogP contribution in [0.2, 0.25) is 0 Å². The molecule has 1 aliphatic heterocycles. The Kier molecular flexibility index (Phi) is 5.56. The van der Waals surface area contributed by atoms with E-state index >= 15 is 0 Å². The molecule has 1 N–H and O–H groups in total. The fourth-order valence-electron chi connectivity index (χ4n) is 2.67. The molecule has 2 rings (SSSR count). The highest BCUT2D eigenvalue weighted by Crippen LogP contribution is 2.30. The average Bonchev–Trinajstić information content (AvgIpc) is 2.53. The lowest BCUT2D eigenvalue weighted by atomic mass is 9.87. The van der Waals surface area contributed by atoms with E-state index in [0.29, 0.717) is 19.7 Å². The molecular weight excluding hydrogens is 254 g/mol. The van der Waals surface area contributed by atoms with Crippen LogP contribution >= 0.6 is 0 Å². The van der Waals surface area contributed by atoms with Gasteiger partial charge in [-0.25, -0.2) is 0 Å². The van der Waals surface area contributed by atoms with Gasteiger partial charge in [0.05, 0.1) is 6.10 Å². The van der Waals surface area contributed by atoms with E-state index in [1.165, 1.54) is 0 Å². The van der Waals surface area contributed by atoms with E-state index in [-0.39, 0.29) is 18.4 Å². The number of likely N-dealkylation sites (tertiary alicyclic amines) is 1. The van der Waals surface area contributed by atoms with Crippen LogP contribution in [0.5, 0.6) is 0 Å². The number of carbonyl (C=O) groups excluding carboxylic acids is 1. The Balaban J connectivity index is 1.83. The van der Waals surface area contributed by atoms with Crippen LogP contribution in [0.4, 0.5) is 0 Å². The third-order valence-corrected chi connectivity index (χ3v) is 3.91. The summed E-state index contributed by atoms with van der Waals surface area (Å²) in [4.78, 5) is 13.7. The summed E-state index contributed by atoms with van der Waals surface area (Å²) in [6.07, 6.45) is 1.25. The van der Waals surface area contributed by atoms with Crippen molar-refractivity contribution < 1.29 is 14.6 Å². The van der Waals surface area contributed by atoms with E-state index in [1.54, 1.807) is 0 Å². The number of carbonyl (C=O) groups is 1. The molecule has 0 aliphatic carbocycles. The Morgan fingerprint density at radius 1 is 1.35 bits per heavy atom. The van der Waals surface area contributed by atoms with Crippen LogP contribution in [0.25, 0.3) is 0 Å². The first-order valence-electron chi connectivity index (χ1n) is 7.31. The van der Waals surface area contributed by atoms with Crippen LogP contribution < -0.4 is 0 Å². The molecule has 1 fully saturated rings. The molecule has 1 atom stereocenters. The van der Waals surface area contributed by atoms with Crippen LogP contribution in [0.3, 0.4) is 0 Å². The predicted molar refractivity (Wildman–Crippen MR) is 77.2 cm³/mol. The minimum absolute atomic E-state index is 0.0551. The Morgan fingerprint density at radius 2 is 2.00 bits per heavy atom. The Bertz CT molecular complexity index is 413. The van der Waals surface area contributed by atoms with Crippen LogP contribution in [0, 0.1) is 5.92 Å². The standard InChI is InChI=1S/C16H23NO3/c1-2-20-12-15(18)17-10-8-14(9-11-17)16(19)13-6-4-3-5-7-13/h3-7,14,16,19H,2,8-12H2,1H3/t16-/m0/s1. The Morgan fingerprint density at radius 3 is 2.60 bits per heavy atom. The summed E-state index contributed by atoms with van der Waals surface area (Å²) in [5.74, 6) is 0.285. The molecule has 4 nitrogen and oxygen atoms in total. The maximum Gasteiger partial charge on any atom is 0.248 e. The van der Waals surface area contributed by atoms with Gasteiger partial charge in [0.25, 0.3) is 0 Å². The monoisotopic (exact) mass is 277 g/mol. The lowest BCUT2D eigenvalue weighted by Gasteiger charge is -2.34. The number of hydrogen-bond acceptors (Lipinski definition) is 3. The normalized spacial score (nSPS) is 18.0. The molecule has 1 saturated heterocycles. The topological polar surface area (TPSA) is 49.8 Å². The SMILES string of the molecule is CCOCC(=O)N1CCC([C@@H](O)c2ccccc2)CC1. The molecule has 0 unspecified atom stereocenters. The van der Waals surface area contributed by atoms with E-state index < -0.39 is 6.10 Å². The fraction of sp³-hybridized carbons (Fsp3) is 0.562. The summed E-state index contributed by atoms with van der Waals surface area (Å²) in [6.45, 7) is 4.04. The molecule has 1 amide bonds. The largest absolute Gasteiger partial charge is 0.388 e. The highest BCUT2D eigenvalue weighted by Gasteiger charge is 2.27. The highest BCUT2D eigenvalue weighted by molar-refractivity contribution is 5.77. The second-order valence-electron chi connectivity index (χ2n) is 5.21. The summed E-state index contributed by atoms with van der Waals surface area (Å²) in [7, 11) is 0. The number of nitrogens with zero attached hydrogens (tertiary/aromatic N) is 1. The number of aliphatic hydroxyl groups excluding tert-OH is 1. The van der Waals surface area contributed by atoms with Gasteiger partial charge >= 0.3 is 0 Å². The Hall–Kier alpha value is -1.39. The van der Waals surface area contributed by atoms with Gasteiger partial charge < -0.3 is 14.7 Å². The molecule has 0 spiro atoms. The van der Waals surface area contributed by atoms with Crippen molar-refractivity contribution in [1.29, 1.82) is 0 Å². The summed E-state index contributed by atoms with van der Waals surface area (Å²) in [5.41, 5.74) is 0.964. The fourth-order valence-corrected chi connectivity index (χ4v) is 2.67. The first-order chi connectivity index (χ1) is 9.72. The van der Waals surface area contributed by atoms with Crippen LogP contribution in [0.15, 0.2) is 30.3 Å². The number of benzene rings is 1. The number of amides is 1. The van der Waals surface area contributed by atoms with Crippen molar-refractivity contribution in [3.63, 3.8) is 0 Å². The average molecular weight is 277 g/mol. The molecule has 1 aliphatic rings. The van der Waals surface area contributed by atoms with Gasteiger partial charge in [-0.3, -0.25) is 4.79 Å². The van der Waals surface area contributed by atoms with Crippen LogP contribution in [0.1, 0.15) is 31.4 Å². The van der Waals surface area contributed by atoms with Crippen molar-refractivity contribution >= 4 is 5.91 Å². The maximum atomic E-state index is 11.8. The zero-order valence-electron chi connectivity index (χ0n) is 12.0. The zero-order valence-corrected chi connectivity index (χ0v) is 12.0. The van der Waals surface area contributed by atoms with E-state index in [0.717, 1.165) is 18.4 Å². The maximum absolute atomic E-state index is 11.8. The molecule has 1 aromatic carbocycles. The van der Waals surface area contributed by atoms with Gasteiger partial charge in [0.2, 0.25) is 5.91 Å². The highest BCUT2D eigenvalue weighted by atomic mass is 16.5. The minimum atomic E-state index is -0.430. The van der Waals surface area contributed by atoms with E-state index in [1.807, 2.05) is 42.2 Å². The molecular formula is C16H23NO3. The number of ether oxygens (including phenoxy) is 1. The molecule has 1 heterocycles. The minimum Gasteiger partial charge on any atom is -0.388 e. The lowest BCUT2D eigenvalue weighted by Crippen LogP contribution is -2.41. The Labute approximate surface area is 120 Å². The van der Waals surface area contributed by atoms with Crippen molar-refractivity contribution in [3.05, 3.63) is 35.9 Å². The molecule has 4 heteroatoms. The molecule has 1 aromatic rings. The second kappa shape index (κ2) is 7.41. The number of hydrogen-bond donors (Lipinski definition) is 1. The second-order valence-corrected chi connectivity index (χ2v) is 5.21. The van der Waals surface area contributed by atoms with Crippen LogP contribution in [-0.2, 0) is 9.53 Å². The van der Waals surface area contributed by atoms with Gasteiger partial charge in [-0.1, -0.05) is 30.3 Å². The molecule has 0 radical (unpaired) electrons. The summed E-state index contributed by atoms with van der Waals surface area (Å²) in [5, 5.41) is 10.4. The van der Waals surface area contributed by atoms with Gasteiger partial charge in [-0.05, 0) is 31.2 Å². The lowest BCUT2D eigenvalue weighted by molar-refractivity contribution is -0.138. The van der Waals surface area contributed by atoms with Crippen molar-refractivity contribution in [3.8, 4) is 0 Å². The molecule has 20 heavy (non-hydrogen) atoms. The van der Waals surface area contributed by atoms with Gasteiger partial charge in [0, 0.05) is 19.7 Å². The van der Waals surface area contributed by atoms with E-state index in [2.05, 4.69) is 0 Å². The van der Waals surface area contributed by atoms with Crippen molar-refractivity contribution in [2.75, 3.05) is 26.3 Å². The molecule has 0 aromatic heterocycles. The third-order valence-electron chi connectivity index (χ3n) is 3.91. The first kappa shape index (κ1) is 15.0. The molecule has 0 bridgehead atoms. The van der Waals surface area contributed by atoms with Crippen LogP contribution in [-0.4, -0.2) is 42.2 Å². The van der Waals surface area contributed by atoms with Gasteiger partial charge in [-0.2, -0.15) is 0 Å². The van der Waals surface area contributed by atoms with Crippen molar-refractivity contribution in [2.45, 2.75) is 25.9 Å². The van der Waals surface area contributed by atoms with Crippen molar-refractivity contribution in [1.82, 2.24) is 4.90 Å². The third kappa shape index (κ3) is 3.81. The quantitative estimate of drug-likeness (QED) is 0.895. The smallest absolute Gasteiger partial charge is 0.248 e. The summed E-state index contributed by atoms with van der Waals surface area (Å²) in [6, 6.07) is 9.75. The van der Waals surface area contributed by atoms with Gasteiger partial charge in [0.15, 0.2) is 0 Å². The number of aliphatic hydroxyl groups is 1. The van der Waals surface area contributed by atoms with Gasteiger partial charge in [-0.15, -0.1) is 0 Å². The van der Waals surface area contributed by atoms with Crippen molar-refractivity contribution in [2.24, 2.45) is 5.92 Å². The number of rotatable bonds is 5. The zero-order chi connectivity index (χ0) is 14.4. The van der Waals surface area contributed by atoms with Gasteiger partial charge in [0.1, 0.15) is 6.61 Å². The molecule has 110 valence electrons. The van der Waals surface area contributed by atoms with E-state index in [4.69, 9.17) is 4.74 Å². The summed E-state index contributed by atoms with van der Waals surface area (Å²) >= 11 is 0. The van der Waals surface area contributed by atoms with E-state index in [9.17, 15) is 9.90 Å². The summed E-state index contributed by atoms with van der Waals surface area (Å²) < 4.78 is 5.15. The predicted octanol–water partition coefficient (Wildman–Crippen LogP) is 2.00.